The van der Waals surface area contributed by atoms with Gasteiger partial charge in [0.2, 0.25) is 5.91 Å². The van der Waals surface area contributed by atoms with E-state index in [2.05, 4.69) is 0 Å². The van der Waals surface area contributed by atoms with Gasteiger partial charge >= 0.3 is 0 Å². The van der Waals surface area contributed by atoms with Gasteiger partial charge in [-0.1, -0.05) is 23.7 Å². The van der Waals surface area contributed by atoms with E-state index < -0.39 is 0 Å². The molecular weight excluding hydrogens is 260 g/mol. The van der Waals surface area contributed by atoms with Gasteiger partial charge in [-0.15, -0.1) is 0 Å². The normalized spacial score (nSPS) is 19.8. The highest BCUT2D eigenvalue weighted by molar-refractivity contribution is 6.30. The van der Waals surface area contributed by atoms with Gasteiger partial charge in [0, 0.05) is 24.2 Å². The number of hydrogen-bond donors (Lipinski definition) is 1. The molecular formula is C15H19ClN2O. The third kappa shape index (κ3) is 3.58. The highest BCUT2D eigenvalue weighted by Gasteiger charge is 2.23. The molecule has 2 rings (SSSR count). The maximum absolute atomic E-state index is 12.2. The van der Waals surface area contributed by atoms with Crippen molar-refractivity contribution >= 4 is 23.1 Å². The third-order valence-corrected chi connectivity index (χ3v) is 3.79. The highest BCUT2D eigenvalue weighted by Crippen LogP contribution is 2.20. The summed E-state index contributed by atoms with van der Waals surface area (Å²) in [6.45, 7) is 4.16. The van der Waals surface area contributed by atoms with E-state index >= 15 is 0 Å². The lowest BCUT2D eigenvalue weighted by molar-refractivity contribution is -0.125. The van der Waals surface area contributed by atoms with Gasteiger partial charge in [-0.3, -0.25) is 4.79 Å². The molecule has 1 unspecified atom stereocenters. The van der Waals surface area contributed by atoms with Gasteiger partial charge in [-0.2, -0.15) is 0 Å². The van der Waals surface area contributed by atoms with Gasteiger partial charge in [0.05, 0.1) is 0 Å². The number of nitrogens with two attached hydrogens (primary N) is 1. The lowest BCUT2D eigenvalue weighted by atomic mass is 10.1. The molecule has 0 bridgehead atoms. The molecule has 1 aliphatic heterocycles. The Hall–Kier alpha value is -1.32. The summed E-state index contributed by atoms with van der Waals surface area (Å²) in [5.74, 6) is 0.511. The third-order valence-electron chi connectivity index (χ3n) is 3.55. The fourth-order valence-corrected chi connectivity index (χ4v) is 2.51. The Morgan fingerprint density at radius 1 is 1.58 bits per heavy atom. The molecule has 1 aliphatic rings. The fourth-order valence-electron chi connectivity index (χ4n) is 2.32. The summed E-state index contributed by atoms with van der Waals surface area (Å²) in [4.78, 5) is 14.0. The Kier molecular flexibility index (Phi) is 4.61. The Morgan fingerprint density at radius 3 is 3.00 bits per heavy atom. The molecule has 0 saturated carbocycles. The van der Waals surface area contributed by atoms with Crippen LogP contribution in [0.2, 0.25) is 5.02 Å². The zero-order valence-electron chi connectivity index (χ0n) is 11.1. The van der Waals surface area contributed by atoms with Crippen LogP contribution in [0, 0.1) is 5.92 Å². The average Bonchev–Trinajstić information content (AvgIpc) is 2.87. The van der Waals surface area contributed by atoms with E-state index in [1.165, 1.54) is 0 Å². The SMILES string of the molecule is C/C(=C\C(=O)N1CCC(CN)C1)c1cccc(Cl)c1. The highest BCUT2D eigenvalue weighted by atomic mass is 35.5. The van der Waals surface area contributed by atoms with Crippen LogP contribution in [-0.4, -0.2) is 30.4 Å². The van der Waals surface area contributed by atoms with E-state index in [-0.39, 0.29) is 5.91 Å². The van der Waals surface area contributed by atoms with Crippen LogP contribution in [0.4, 0.5) is 0 Å². The summed E-state index contributed by atoms with van der Waals surface area (Å²) in [5, 5.41) is 0.682. The van der Waals surface area contributed by atoms with E-state index in [0.29, 0.717) is 17.5 Å². The number of allylic oxidation sites excluding steroid dienone is 1. The van der Waals surface area contributed by atoms with Crippen molar-refractivity contribution in [3.8, 4) is 0 Å². The summed E-state index contributed by atoms with van der Waals surface area (Å²) >= 11 is 5.95. The van der Waals surface area contributed by atoms with E-state index in [0.717, 1.165) is 30.6 Å². The molecule has 2 N–H and O–H groups in total. The van der Waals surface area contributed by atoms with Gasteiger partial charge in [0.25, 0.3) is 0 Å². The number of carbonyl (C=O) groups is 1. The van der Waals surface area contributed by atoms with E-state index in [4.69, 9.17) is 17.3 Å². The second-order valence-electron chi connectivity index (χ2n) is 5.01. The molecule has 1 saturated heterocycles. The molecule has 0 spiro atoms. The first-order chi connectivity index (χ1) is 9.10. The van der Waals surface area contributed by atoms with Gasteiger partial charge in [-0.25, -0.2) is 0 Å². The summed E-state index contributed by atoms with van der Waals surface area (Å²) < 4.78 is 0. The van der Waals surface area contributed by atoms with Crippen molar-refractivity contribution < 1.29 is 4.79 Å². The second kappa shape index (κ2) is 6.22. The number of rotatable bonds is 3. The van der Waals surface area contributed by atoms with Crippen LogP contribution in [0.25, 0.3) is 5.57 Å². The fraction of sp³-hybridized carbons (Fsp3) is 0.400. The number of halogens is 1. The predicted molar refractivity (Wildman–Crippen MR) is 78.8 cm³/mol. The molecule has 1 fully saturated rings. The summed E-state index contributed by atoms with van der Waals surface area (Å²) in [7, 11) is 0. The molecule has 0 radical (unpaired) electrons. The molecule has 0 aliphatic carbocycles. The predicted octanol–water partition coefficient (Wildman–Crippen LogP) is 2.55. The molecule has 3 nitrogen and oxygen atoms in total. The van der Waals surface area contributed by atoms with Crippen molar-refractivity contribution in [3.05, 3.63) is 40.9 Å². The molecule has 1 atom stereocenters. The van der Waals surface area contributed by atoms with Crippen molar-refractivity contribution in [2.24, 2.45) is 11.7 Å². The van der Waals surface area contributed by atoms with Crippen LogP contribution in [-0.2, 0) is 4.79 Å². The maximum atomic E-state index is 12.2. The minimum Gasteiger partial charge on any atom is -0.339 e. The van der Waals surface area contributed by atoms with Gasteiger partial charge in [0.1, 0.15) is 0 Å². The first-order valence-electron chi connectivity index (χ1n) is 6.53. The largest absolute Gasteiger partial charge is 0.339 e. The minimum absolute atomic E-state index is 0.0634. The number of hydrogen-bond acceptors (Lipinski definition) is 2. The first-order valence-corrected chi connectivity index (χ1v) is 6.91. The van der Waals surface area contributed by atoms with Crippen molar-refractivity contribution in [1.82, 2.24) is 4.90 Å². The molecule has 0 aromatic heterocycles. The first kappa shape index (κ1) is 14.1. The minimum atomic E-state index is 0.0634. The second-order valence-corrected chi connectivity index (χ2v) is 5.45. The van der Waals surface area contributed by atoms with Gasteiger partial charge in [0.15, 0.2) is 0 Å². The summed E-state index contributed by atoms with van der Waals surface area (Å²) in [6.07, 6.45) is 2.69. The topological polar surface area (TPSA) is 46.3 Å². The molecule has 4 heteroatoms. The van der Waals surface area contributed by atoms with Crippen LogP contribution < -0.4 is 5.73 Å². The van der Waals surface area contributed by atoms with Gasteiger partial charge < -0.3 is 10.6 Å². The van der Waals surface area contributed by atoms with E-state index in [1.54, 1.807) is 6.08 Å². The van der Waals surface area contributed by atoms with Crippen molar-refractivity contribution in [2.75, 3.05) is 19.6 Å². The monoisotopic (exact) mass is 278 g/mol. The standard InChI is InChI=1S/C15H19ClN2O/c1-11(13-3-2-4-14(16)8-13)7-15(19)18-6-5-12(9-17)10-18/h2-4,7-8,12H,5-6,9-10,17H2,1H3/b11-7+. The number of nitrogens with zero attached hydrogens (tertiary/aromatic N) is 1. The molecule has 102 valence electrons. The molecule has 1 amide bonds. The van der Waals surface area contributed by atoms with Crippen molar-refractivity contribution in [2.45, 2.75) is 13.3 Å². The van der Waals surface area contributed by atoms with Crippen LogP contribution in [0.5, 0.6) is 0 Å². The Labute approximate surface area is 119 Å². The molecule has 1 aromatic rings. The lowest BCUT2D eigenvalue weighted by Crippen LogP contribution is -2.28. The Balaban J connectivity index is 2.06. The zero-order chi connectivity index (χ0) is 13.8. The number of carbonyl (C=O) groups excluding carboxylic acids is 1. The summed E-state index contributed by atoms with van der Waals surface area (Å²) in [5.41, 5.74) is 7.55. The van der Waals surface area contributed by atoms with Crippen LogP contribution in [0.3, 0.4) is 0 Å². The smallest absolute Gasteiger partial charge is 0.246 e. The van der Waals surface area contributed by atoms with Crippen LogP contribution in [0.15, 0.2) is 30.3 Å². The van der Waals surface area contributed by atoms with Crippen molar-refractivity contribution in [3.63, 3.8) is 0 Å². The molecule has 1 aromatic carbocycles. The number of benzene rings is 1. The van der Waals surface area contributed by atoms with Crippen molar-refractivity contribution in [1.29, 1.82) is 0 Å². The van der Waals surface area contributed by atoms with E-state index in [9.17, 15) is 4.79 Å². The lowest BCUT2D eigenvalue weighted by Gasteiger charge is -2.14. The Bertz CT molecular complexity index is 499. The van der Waals surface area contributed by atoms with Crippen LogP contribution >= 0.6 is 11.6 Å². The Morgan fingerprint density at radius 2 is 2.37 bits per heavy atom. The van der Waals surface area contributed by atoms with E-state index in [1.807, 2.05) is 36.1 Å². The average molecular weight is 279 g/mol. The maximum Gasteiger partial charge on any atom is 0.246 e. The zero-order valence-corrected chi connectivity index (χ0v) is 11.9. The molecule has 19 heavy (non-hydrogen) atoms. The molecule has 1 heterocycles. The number of likely N-dealkylation sites (tertiary alicyclic amines) is 1. The van der Waals surface area contributed by atoms with Gasteiger partial charge in [-0.05, 0) is 49.1 Å². The van der Waals surface area contributed by atoms with Crippen LogP contribution in [0.1, 0.15) is 18.9 Å². The number of amides is 1. The quantitative estimate of drug-likeness (QED) is 0.864. The summed E-state index contributed by atoms with van der Waals surface area (Å²) in [6, 6.07) is 7.54.